The van der Waals surface area contributed by atoms with Crippen LogP contribution in [0.2, 0.25) is 5.02 Å². The first-order valence-electron chi connectivity index (χ1n) is 10.7. The largest absolute Gasteiger partial charge is 0.480 e. The maximum atomic E-state index is 6.47. The minimum absolute atomic E-state index is 0.203. The van der Waals surface area contributed by atoms with Crippen LogP contribution in [0.15, 0.2) is 48.8 Å². The molecule has 0 spiro atoms. The minimum Gasteiger partial charge on any atom is -0.480 e. The van der Waals surface area contributed by atoms with E-state index in [4.69, 9.17) is 26.1 Å². The van der Waals surface area contributed by atoms with Gasteiger partial charge in [-0.15, -0.1) is 0 Å². The maximum Gasteiger partial charge on any atom is 0.224 e. The lowest BCUT2D eigenvalue weighted by Gasteiger charge is -2.45. The van der Waals surface area contributed by atoms with E-state index in [1.165, 1.54) is 0 Å². The van der Waals surface area contributed by atoms with Crippen LogP contribution in [0.25, 0.3) is 11.4 Å². The van der Waals surface area contributed by atoms with Gasteiger partial charge < -0.3 is 14.0 Å². The lowest BCUT2D eigenvalue weighted by molar-refractivity contribution is -0.162. The van der Waals surface area contributed by atoms with E-state index in [-0.39, 0.29) is 11.2 Å². The fourth-order valence-corrected chi connectivity index (χ4v) is 5.00. The molecule has 0 unspecified atom stereocenters. The van der Waals surface area contributed by atoms with Crippen LogP contribution in [0.1, 0.15) is 57.7 Å². The van der Waals surface area contributed by atoms with Gasteiger partial charge in [0.2, 0.25) is 5.88 Å². The van der Waals surface area contributed by atoms with E-state index in [1.807, 2.05) is 36.4 Å². The molecule has 0 N–H and O–H groups in total. The van der Waals surface area contributed by atoms with Crippen LogP contribution in [-0.2, 0) is 11.3 Å². The number of imidazole rings is 1. The van der Waals surface area contributed by atoms with Gasteiger partial charge in [-0.05, 0) is 64.3 Å². The fourth-order valence-electron chi connectivity index (χ4n) is 4.80. The highest BCUT2D eigenvalue weighted by Gasteiger charge is 2.40. The van der Waals surface area contributed by atoms with Gasteiger partial charge in [0.05, 0.1) is 36.1 Å². The Morgan fingerprint density at radius 3 is 2.48 bits per heavy atom. The van der Waals surface area contributed by atoms with E-state index in [0.717, 1.165) is 40.5 Å². The molecule has 2 aromatic heterocycles. The van der Waals surface area contributed by atoms with Crippen LogP contribution in [-0.4, -0.2) is 32.8 Å². The number of ether oxygens (including phenoxy) is 2. The van der Waals surface area contributed by atoms with E-state index in [0.29, 0.717) is 18.3 Å². The number of nitrogens with zero attached hydrogens (tertiary/aromatic N) is 3. The molecule has 3 heterocycles. The zero-order valence-electron chi connectivity index (χ0n) is 18.9. The van der Waals surface area contributed by atoms with Crippen molar-refractivity contribution in [2.75, 3.05) is 7.11 Å². The summed E-state index contributed by atoms with van der Waals surface area (Å²) in [5.74, 6) is 1.70. The van der Waals surface area contributed by atoms with Crippen molar-refractivity contribution in [2.45, 2.75) is 64.2 Å². The molecule has 164 valence electrons. The van der Waals surface area contributed by atoms with Crippen molar-refractivity contribution in [2.24, 2.45) is 0 Å². The van der Waals surface area contributed by atoms with E-state index in [1.54, 1.807) is 13.3 Å². The van der Waals surface area contributed by atoms with Crippen LogP contribution in [0, 0.1) is 0 Å². The van der Waals surface area contributed by atoms with Crippen molar-refractivity contribution in [3.05, 3.63) is 65.1 Å². The molecule has 0 bridgehead atoms. The van der Waals surface area contributed by atoms with Crippen molar-refractivity contribution in [3.8, 4) is 17.3 Å². The molecule has 0 atom stereocenters. The molecule has 3 aromatic rings. The standard InChI is InChI=1S/C25H30ClN3O2/c1-24(2)13-18(14-25(3,4)31-24)21-16-29(15-17-9-6-7-11-20(17)26)22(28-21)19-10-8-12-27-23(19)30-5/h6-12,16,18H,13-15H2,1-5H3. The molecule has 0 aliphatic carbocycles. The van der Waals surface area contributed by atoms with E-state index in [2.05, 4.69) is 43.4 Å². The van der Waals surface area contributed by atoms with Gasteiger partial charge in [-0.25, -0.2) is 9.97 Å². The molecule has 1 aliphatic rings. The molecule has 4 rings (SSSR count). The second-order valence-electron chi connectivity index (χ2n) is 9.50. The lowest BCUT2D eigenvalue weighted by Crippen LogP contribution is -2.44. The third-order valence-corrected chi connectivity index (χ3v) is 6.11. The Hall–Kier alpha value is -2.37. The quantitative estimate of drug-likeness (QED) is 0.481. The van der Waals surface area contributed by atoms with Crippen LogP contribution in [0.3, 0.4) is 0 Å². The molecule has 1 aromatic carbocycles. The zero-order valence-corrected chi connectivity index (χ0v) is 19.6. The molecule has 31 heavy (non-hydrogen) atoms. The van der Waals surface area contributed by atoms with Crippen molar-refractivity contribution < 1.29 is 9.47 Å². The van der Waals surface area contributed by atoms with Gasteiger partial charge in [0.25, 0.3) is 0 Å². The third-order valence-electron chi connectivity index (χ3n) is 5.75. The summed E-state index contributed by atoms with van der Waals surface area (Å²) in [5, 5.41) is 0.746. The Morgan fingerprint density at radius 1 is 1.10 bits per heavy atom. The van der Waals surface area contributed by atoms with E-state index >= 15 is 0 Å². The summed E-state index contributed by atoms with van der Waals surface area (Å²) in [4.78, 5) is 9.50. The summed E-state index contributed by atoms with van der Waals surface area (Å²) in [6, 6.07) is 11.8. The van der Waals surface area contributed by atoms with Gasteiger partial charge >= 0.3 is 0 Å². The van der Waals surface area contributed by atoms with E-state index in [9.17, 15) is 0 Å². The number of hydrogen-bond donors (Lipinski definition) is 0. The maximum absolute atomic E-state index is 6.47. The SMILES string of the molecule is COc1ncccc1-c1nc(C2CC(C)(C)OC(C)(C)C2)cn1Cc1ccccc1Cl. The van der Waals surface area contributed by atoms with Crippen LogP contribution in [0.5, 0.6) is 5.88 Å². The average molecular weight is 440 g/mol. The van der Waals surface area contributed by atoms with Crippen molar-refractivity contribution >= 4 is 11.6 Å². The Kier molecular flexibility index (Phi) is 5.84. The Morgan fingerprint density at radius 2 is 1.81 bits per heavy atom. The summed E-state index contributed by atoms with van der Waals surface area (Å²) < 4.78 is 14.0. The van der Waals surface area contributed by atoms with E-state index < -0.39 is 0 Å². The number of benzene rings is 1. The van der Waals surface area contributed by atoms with Gasteiger partial charge in [-0.1, -0.05) is 29.8 Å². The number of pyridine rings is 1. The zero-order chi connectivity index (χ0) is 22.2. The molecule has 0 amide bonds. The second kappa shape index (κ2) is 8.29. The number of hydrogen-bond acceptors (Lipinski definition) is 4. The molecular formula is C25H30ClN3O2. The predicted octanol–water partition coefficient (Wildman–Crippen LogP) is 6.11. The first kappa shape index (κ1) is 21.8. The average Bonchev–Trinajstić information content (AvgIpc) is 3.11. The molecule has 1 aliphatic heterocycles. The molecular weight excluding hydrogens is 410 g/mol. The number of rotatable bonds is 5. The monoisotopic (exact) mass is 439 g/mol. The van der Waals surface area contributed by atoms with Crippen molar-refractivity contribution in [1.82, 2.24) is 14.5 Å². The van der Waals surface area contributed by atoms with Gasteiger partial charge in [0, 0.05) is 23.3 Å². The Labute approximate surface area is 189 Å². The molecule has 0 radical (unpaired) electrons. The summed E-state index contributed by atoms with van der Waals surface area (Å²) in [6.45, 7) is 9.26. The van der Waals surface area contributed by atoms with Gasteiger partial charge in [0.15, 0.2) is 0 Å². The van der Waals surface area contributed by atoms with Crippen LogP contribution < -0.4 is 4.74 Å². The highest BCUT2D eigenvalue weighted by Crippen LogP contribution is 2.43. The molecule has 1 saturated heterocycles. The van der Waals surface area contributed by atoms with Gasteiger partial charge in [-0.2, -0.15) is 0 Å². The number of methoxy groups -OCH3 is 1. The number of aromatic nitrogens is 3. The smallest absolute Gasteiger partial charge is 0.224 e. The molecule has 1 fully saturated rings. The fraction of sp³-hybridized carbons (Fsp3) is 0.440. The summed E-state index contributed by atoms with van der Waals surface area (Å²) >= 11 is 6.47. The summed E-state index contributed by atoms with van der Waals surface area (Å²) in [7, 11) is 1.64. The number of halogens is 1. The summed E-state index contributed by atoms with van der Waals surface area (Å²) in [5.41, 5.74) is 2.58. The normalized spacial score (nSPS) is 18.1. The topological polar surface area (TPSA) is 49.2 Å². The highest BCUT2D eigenvalue weighted by atomic mass is 35.5. The van der Waals surface area contributed by atoms with Crippen LogP contribution in [0.4, 0.5) is 0 Å². The molecule has 5 nitrogen and oxygen atoms in total. The second-order valence-corrected chi connectivity index (χ2v) is 9.90. The van der Waals surface area contributed by atoms with Crippen LogP contribution >= 0.6 is 11.6 Å². The minimum atomic E-state index is -0.203. The lowest BCUT2D eigenvalue weighted by atomic mass is 9.79. The first-order valence-corrected chi connectivity index (χ1v) is 11.1. The molecule has 0 saturated carbocycles. The molecule has 6 heteroatoms. The van der Waals surface area contributed by atoms with Crippen molar-refractivity contribution in [1.29, 1.82) is 0 Å². The Bertz CT molecular complexity index is 1060. The van der Waals surface area contributed by atoms with Crippen molar-refractivity contribution in [3.63, 3.8) is 0 Å². The predicted molar refractivity (Wildman–Crippen MR) is 124 cm³/mol. The van der Waals surface area contributed by atoms with Gasteiger partial charge in [-0.3, -0.25) is 0 Å². The third kappa shape index (κ3) is 4.78. The highest BCUT2D eigenvalue weighted by molar-refractivity contribution is 6.31. The first-order chi connectivity index (χ1) is 14.7. The van der Waals surface area contributed by atoms with Gasteiger partial charge in [0.1, 0.15) is 5.82 Å². The summed E-state index contributed by atoms with van der Waals surface area (Å²) in [6.07, 6.45) is 5.73. The Balaban J connectivity index is 1.80.